The minimum absolute atomic E-state index is 0.790. The molecule has 0 aliphatic rings. The molecule has 3 aromatic rings. The van der Waals surface area contributed by atoms with Gasteiger partial charge in [0.2, 0.25) is 0 Å². The summed E-state index contributed by atoms with van der Waals surface area (Å²) in [7, 11) is 0. The van der Waals surface area contributed by atoms with E-state index in [-0.39, 0.29) is 0 Å². The van der Waals surface area contributed by atoms with Crippen LogP contribution in [0.15, 0.2) is 47.6 Å². The first-order valence-electron chi connectivity index (χ1n) is 4.74. The summed E-state index contributed by atoms with van der Waals surface area (Å²) in [5.41, 5.74) is 2.61. The number of nitrogens with zero attached hydrogens (tertiary/aromatic N) is 4. The third-order valence-electron chi connectivity index (χ3n) is 2.33. The van der Waals surface area contributed by atoms with E-state index in [2.05, 4.69) is 30.9 Å². The van der Waals surface area contributed by atoms with Crippen LogP contribution in [0.1, 0.15) is 0 Å². The second kappa shape index (κ2) is 3.68. The molecule has 1 aromatic carbocycles. The van der Waals surface area contributed by atoms with Gasteiger partial charge in [-0.05, 0) is 28.1 Å². The number of rotatable bonds is 1. The highest BCUT2D eigenvalue weighted by Crippen LogP contribution is 2.22. The molecule has 0 N–H and O–H groups in total. The predicted octanol–water partition coefficient (Wildman–Crippen LogP) is 2.58. The van der Waals surface area contributed by atoms with Crippen LogP contribution < -0.4 is 0 Å². The molecule has 2 heterocycles. The molecule has 0 amide bonds. The fourth-order valence-electron chi connectivity index (χ4n) is 1.59. The lowest BCUT2D eigenvalue weighted by molar-refractivity contribution is 1.05. The molecular weight excluding hydrogens is 268 g/mol. The van der Waals surface area contributed by atoms with Gasteiger partial charge in [0.1, 0.15) is 18.2 Å². The zero-order valence-corrected chi connectivity index (χ0v) is 9.79. The number of imidazole rings is 1. The van der Waals surface area contributed by atoms with E-state index in [1.807, 2.05) is 28.8 Å². The first-order valence-corrected chi connectivity index (χ1v) is 5.53. The van der Waals surface area contributed by atoms with Crippen molar-refractivity contribution in [3.63, 3.8) is 0 Å². The molecule has 0 saturated carbocycles. The second-order valence-electron chi connectivity index (χ2n) is 3.30. The Labute approximate surface area is 100 Å². The highest BCUT2D eigenvalue weighted by molar-refractivity contribution is 9.10. The summed E-state index contributed by atoms with van der Waals surface area (Å²) < 4.78 is 2.94. The molecule has 0 atom stereocenters. The molecular formula is C11H7BrN4. The molecule has 0 radical (unpaired) electrons. The van der Waals surface area contributed by atoms with E-state index in [1.165, 1.54) is 6.33 Å². The number of hydrogen-bond acceptors (Lipinski definition) is 3. The van der Waals surface area contributed by atoms with Gasteiger partial charge < -0.3 is 0 Å². The molecule has 0 fully saturated rings. The van der Waals surface area contributed by atoms with E-state index in [0.29, 0.717) is 0 Å². The van der Waals surface area contributed by atoms with Crippen molar-refractivity contribution in [1.29, 1.82) is 0 Å². The molecule has 0 aliphatic carbocycles. The van der Waals surface area contributed by atoms with E-state index in [0.717, 1.165) is 21.3 Å². The molecule has 5 heteroatoms. The Bertz CT molecular complexity index is 647. The van der Waals surface area contributed by atoms with Crippen LogP contribution in [-0.4, -0.2) is 19.5 Å². The van der Waals surface area contributed by atoms with E-state index in [1.54, 1.807) is 12.5 Å². The molecule has 16 heavy (non-hydrogen) atoms. The molecule has 2 aromatic heterocycles. The smallest absolute Gasteiger partial charge is 0.167 e. The summed E-state index contributed by atoms with van der Waals surface area (Å²) in [5, 5.41) is 0. The van der Waals surface area contributed by atoms with Crippen molar-refractivity contribution in [3.8, 4) is 5.69 Å². The Morgan fingerprint density at radius 2 is 2.00 bits per heavy atom. The zero-order valence-electron chi connectivity index (χ0n) is 8.21. The summed E-state index contributed by atoms with van der Waals surface area (Å²) in [6, 6.07) is 7.95. The van der Waals surface area contributed by atoms with E-state index in [4.69, 9.17) is 0 Å². The van der Waals surface area contributed by atoms with Gasteiger partial charge in [0.05, 0.1) is 11.9 Å². The zero-order chi connectivity index (χ0) is 11.0. The van der Waals surface area contributed by atoms with Gasteiger partial charge >= 0.3 is 0 Å². The SMILES string of the molecule is Brc1ccccc1-n1cnc2cncnc21. The first kappa shape index (κ1) is 9.47. The van der Waals surface area contributed by atoms with Crippen LogP contribution in [0.3, 0.4) is 0 Å². The van der Waals surface area contributed by atoms with E-state index < -0.39 is 0 Å². The molecule has 3 rings (SSSR count). The van der Waals surface area contributed by atoms with Crippen LogP contribution >= 0.6 is 15.9 Å². The fourth-order valence-corrected chi connectivity index (χ4v) is 2.07. The van der Waals surface area contributed by atoms with Crippen molar-refractivity contribution in [2.75, 3.05) is 0 Å². The van der Waals surface area contributed by atoms with Gasteiger partial charge in [-0.15, -0.1) is 0 Å². The molecule has 0 aliphatic heterocycles. The van der Waals surface area contributed by atoms with Gasteiger partial charge in [0.25, 0.3) is 0 Å². The molecule has 0 unspecified atom stereocenters. The molecule has 0 spiro atoms. The lowest BCUT2D eigenvalue weighted by Crippen LogP contribution is -1.94. The van der Waals surface area contributed by atoms with Crippen molar-refractivity contribution in [3.05, 3.63) is 47.6 Å². The fraction of sp³-hybridized carbons (Fsp3) is 0. The summed E-state index contributed by atoms with van der Waals surface area (Å²) in [5.74, 6) is 0. The third kappa shape index (κ3) is 1.40. The molecule has 4 nitrogen and oxygen atoms in total. The molecule has 0 saturated heterocycles. The highest BCUT2D eigenvalue weighted by atomic mass is 79.9. The summed E-state index contributed by atoms with van der Waals surface area (Å²) in [6.45, 7) is 0. The Balaban J connectivity index is 2.31. The largest absolute Gasteiger partial charge is 0.282 e. The van der Waals surface area contributed by atoms with Crippen LogP contribution in [0.25, 0.3) is 16.9 Å². The number of aromatic nitrogens is 4. The summed E-state index contributed by atoms with van der Waals surface area (Å²) in [4.78, 5) is 12.4. The second-order valence-corrected chi connectivity index (χ2v) is 4.15. The van der Waals surface area contributed by atoms with E-state index in [9.17, 15) is 0 Å². The van der Waals surface area contributed by atoms with Crippen LogP contribution in [0, 0.1) is 0 Å². The molecule has 0 bridgehead atoms. The maximum Gasteiger partial charge on any atom is 0.167 e. The van der Waals surface area contributed by atoms with Crippen molar-refractivity contribution in [2.24, 2.45) is 0 Å². The van der Waals surface area contributed by atoms with Gasteiger partial charge in [-0.25, -0.2) is 15.0 Å². The first-order chi connectivity index (χ1) is 7.86. The maximum absolute atomic E-state index is 4.25. The maximum atomic E-state index is 4.25. The highest BCUT2D eigenvalue weighted by Gasteiger charge is 2.07. The summed E-state index contributed by atoms with van der Waals surface area (Å²) >= 11 is 3.51. The van der Waals surface area contributed by atoms with Crippen LogP contribution in [0.2, 0.25) is 0 Å². The number of hydrogen-bond donors (Lipinski definition) is 0. The molecule has 78 valence electrons. The van der Waals surface area contributed by atoms with E-state index >= 15 is 0 Å². The monoisotopic (exact) mass is 274 g/mol. The Hall–Kier alpha value is -1.75. The van der Waals surface area contributed by atoms with Gasteiger partial charge in [0.15, 0.2) is 5.65 Å². The minimum Gasteiger partial charge on any atom is -0.282 e. The third-order valence-corrected chi connectivity index (χ3v) is 3.00. The minimum atomic E-state index is 0.790. The lowest BCUT2D eigenvalue weighted by atomic mass is 10.3. The summed E-state index contributed by atoms with van der Waals surface area (Å²) in [6.07, 6.45) is 4.98. The number of fused-ring (bicyclic) bond motifs is 1. The normalized spacial score (nSPS) is 10.8. The van der Waals surface area contributed by atoms with Gasteiger partial charge in [-0.3, -0.25) is 4.57 Å². The Kier molecular flexibility index (Phi) is 2.18. The Morgan fingerprint density at radius 3 is 2.88 bits per heavy atom. The number of para-hydroxylation sites is 1. The van der Waals surface area contributed by atoms with Crippen molar-refractivity contribution in [2.45, 2.75) is 0 Å². The number of benzene rings is 1. The quantitative estimate of drug-likeness (QED) is 0.685. The van der Waals surface area contributed by atoms with Gasteiger partial charge in [-0.2, -0.15) is 0 Å². The van der Waals surface area contributed by atoms with Crippen LogP contribution in [0.4, 0.5) is 0 Å². The van der Waals surface area contributed by atoms with Crippen molar-refractivity contribution < 1.29 is 0 Å². The Morgan fingerprint density at radius 1 is 1.12 bits per heavy atom. The lowest BCUT2D eigenvalue weighted by Gasteiger charge is -2.05. The van der Waals surface area contributed by atoms with Gasteiger partial charge in [0, 0.05) is 4.47 Å². The number of halogens is 1. The standard InChI is InChI=1S/C11H7BrN4/c12-8-3-1-2-4-10(8)16-7-15-9-5-13-6-14-11(9)16/h1-7H. The average molecular weight is 275 g/mol. The van der Waals surface area contributed by atoms with Crippen LogP contribution in [0.5, 0.6) is 0 Å². The van der Waals surface area contributed by atoms with Gasteiger partial charge in [-0.1, -0.05) is 12.1 Å². The van der Waals surface area contributed by atoms with Crippen molar-refractivity contribution in [1.82, 2.24) is 19.5 Å². The van der Waals surface area contributed by atoms with Crippen LogP contribution in [-0.2, 0) is 0 Å². The average Bonchev–Trinajstić information content (AvgIpc) is 2.74. The predicted molar refractivity (Wildman–Crippen MR) is 64.4 cm³/mol. The topological polar surface area (TPSA) is 43.6 Å². The van der Waals surface area contributed by atoms with Crippen molar-refractivity contribution >= 4 is 27.1 Å².